The van der Waals surface area contributed by atoms with E-state index in [0.29, 0.717) is 45.5 Å². The molecule has 145 valence electrons. The van der Waals surface area contributed by atoms with Crippen molar-refractivity contribution < 1.29 is 19.4 Å². The maximum absolute atomic E-state index is 12.5. The molecule has 1 aromatic heterocycles. The van der Waals surface area contributed by atoms with Crippen LogP contribution in [0.2, 0.25) is 5.02 Å². The van der Waals surface area contributed by atoms with E-state index in [1.165, 1.54) is 12.1 Å². The number of phenols is 1. The van der Waals surface area contributed by atoms with Gasteiger partial charge in [0.05, 0.1) is 11.3 Å². The summed E-state index contributed by atoms with van der Waals surface area (Å²) in [6.45, 7) is 5.65. The number of phenolic OH excluding ortho intramolecular Hbond substituents is 1. The van der Waals surface area contributed by atoms with E-state index in [1.807, 2.05) is 13.8 Å². The Kier molecular flexibility index (Phi) is 5.75. The molecule has 2 aromatic carbocycles. The third-order valence-corrected chi connectivity index (χ3v) is 4.76. The number of aromatic nitrogens is 1. The molecular formula is C22H21ClNO4. The molecule has 0 aliphatic carbocycles. The molecule has 0 bridgehead atoms. The molecule has 0 aliphatic rings. The lowest BCUT2D eigenvalue weighted by Crippen LogP contribution is -2.03. The van der Waals surface area contributed by atoms with Gasteiger partial charge < -0.3 is 9.52 Å². The first-order valence-electron chi connectivity index (χ1n) is 9.05. The van der Waals surface area contributed by atoms with Crippen LogP contribution in [0.1, 0.15) is 53.6 Å². The number of aromatic hydroxyl groups is 1. The molecule has 0 saturated heterocycles. The molecule has 1 heterocycles. The fourth-order valence-electron chi connectivity index (χ4n) is 2.99. The van der Waals surface area contributed by atoms with Gasteiger partial charge in [-0.1, -0.05) is 25.4 Å². The number of hydrogen-bond acceptors (Lipinski definition) is 4. The van der Waals surface area contributed by atoms with E-state index < -0.39 is 0 Å². The molecule has 1 radical (unpaired) electrons. The molecule has 0 aliphatic heterocycles. The van der Waals surface area contributed by atoms with Crippen LogP contribution in [-0.2, 0) is 11.5 Å². The first-order valence-corrected chi connectivity index (χ1v) is 9.43. The smallest absolute Gasteiger partial charge is 0.230 e. The van der Waals surface area contributed by atoms with Crippen molar-refractivity contribution in [2.45, 2.75) is 39.5 Å². The van der Waals surface area contributed by atoms with Crippen LogP contribution >= 0.6 is 11.6 Å². The third kappa shape index (κ3) is 4.20. The van der Waals surface area contributed by atoms with Gasteiger partial charge in [-0.25, -0.2) is 4.98 Å². The van der Waals surface area contributed by atoms with Gasteiger partial charge in [-0.2, -0.15) is 0 Å². The van der Waals surface area contributed by atoms with Gasteiger partial charge in [0.2, 0.25) is 5.89 Å². The van der Waals surface area contributed by atoms with E-state index in [9.17, 15) is 15.0 Å². The molecule has 0 amide bonds. The van der Waals surface area contributed by atoms with Gasteiger partial charge in [0.1, 0.15) is 11.5 Å². The van der Waals surface area contributed by atoms with Gasteiger partial charge in [-0.05, 0) is 48.9 Å². The summed E-state index contributed by atoms with van der Waals surface area (Å²) < 4.78 is 5.89. The highest BCUT2D eigenvalue weighted by molar-refractivity contribution is 6.30. The van der Waals surface area contributed by atoms with Crippen LogP contribution in [0.3, 0.4) is 0 Å². The molecule has 28 heavy (non-hydrogen) atoms. The quantitative estimate of drug-likeness (QED) is 0.509. The zero-order valence-electron chi connectivity index (χ0n) is 16.0. The van der Waals surface area contributed by atoms with Crippen molar-refractivity contribution in [2.75, 3.05) is 0 Å². The zero-order chi connectivity index (χ0) is 20.4. The van der Waals surface area contributed by atoms with Crippen LogP contribution in [0.4, 0.5) is 0 Å². The van der Waals surface area contributed by atoms with Crippen molar-refractivity contribution in [2.24, 2.45) is 0 Å². The zero-order valence-corrected chi connectivity index (χ0v) is 16.7. The summed E-state index contributed by atoms with van der Waals surface area (Å²) in [7, 11) is 0. The highest BCUT2D eigenvalue weighted by Crippen LogP contribution is 2.34. The number of benzene rings is 2. The molecule has 0 atom stereocenters. The van der Waals surface area contributed by atoms with E-state index >= 15 is 0 Å². The molecular weight excluding hydrogens is 378 g/mol. The van der Waals surface area contributed by atoms with Crippen LogP contribution in [0, 0.1) is 6.92 Å². The molecule has 0 saturated carbocycles. The minimum atomic E-state index is -0.0810. The number of Topliss-reactive ketones (excluding diaryl/α,β-unsaturated/α-hetero) is 1. The second-order valence-corrected chi connectivity index (χ2v) is 7.49. The van der Waals surface area contributed by atoms with Crippen molar-refractivity contribution in [3.63, 3.8) is 0 Å². The van der Waals surface area contributed by atoms with Crippen LogP contribution in [0.15, 0.2) is 40.8 Å². The van der Waals surface area contributed by atoms with Crippen LogP contribution in [-0.4, -0.2) is 15.9 Å². The molecule has 3 rings (SSSR count). The van der Waals surface area contributed by atoms with Crippen LogP contribution in [0.5, 0.6) is 11.5 Å². The number of oxazole rings is 1. The summed E-state index contributed by atoms with van der Waals surface area (Å²) in [6.07, 6.45) is 0.651. The maximum Gasteiger partial charge on any atom is 0.230 e. The Morgan fingerprint density at radius 2 is 1.96 bits per heavy atom. The average molecular weight is 399 g/mol. The molecule has 0 fully saturated rings. The number of halogens is 1. The van der Waals surface area contributed by atoms with E-state index in [1.54, 1.807) is 31.2 Å². The van der Waals surface area contributed by atoms with Crippen molar-refractivity contribution in [1.29, 1.82) is 0 Å². The SMILES string of the molecule is Cc1cc(C(=O)CCc2nc(-c3ccc(Cl)cc3O)oc2C(C)C)ccc1[O]. The van der Waals surface area contributed by atoms with Crippen LogP contribution in [0.25, 0.3) is 11.5 Å². The number of carbonyl (C=O) groups excluding carboxylic acids is 1. The van der Waals surface area contributed by atoms with Gasteiger partial charge in [0.25, 0.3) is 0 Å². The lowest BCUT2D eigenvalue weighted by Gasteiger charge is -2.05. The molecule has 0 spiro atoms. The lowest BCUT2D eigenvalue weighted by atomic mass is 10.0. The number of hydrogen-bond donors (Lipinski definition) is 1. The summed E-state index contributed by atoms with van der Waals surface area (Å²) >= 11 is 5.89. The van der Waals surface area contributed by atoms with E-state index in [4.69, 9.17) is 16.0 Å². The molecule has 1 N–H and O–H groups in total. The standard InChI is InChI=1S/C22H21ClNO4/c1-12(2)21-17(7-9-19(26)14-4-8-18(25)13(3)10-14)24-22(28-21)16-6-5-15(23)11-20(16)27/h4-6,8,10-12,27H,7,9H2,1-3H3. The van der Waals surface area contributed by atoms with Crippen molar-refractivity contribution >= 4 is 17.4 Å². The molecule has 3 aromatic rings. The minimum absolute atomic E-state index is 0.0140. The minimum Gasteiger partial charge on any atom is -0.507 e. The second kappa shape index (κ2) is 8.07. The Labute approximate surface area is 168 Å². The van der Waals surface area contributed by atoms with E-state index in [0.717, 1.165) is 0 Å². The predicted molar refractivity (Wildman–Crippen MR) is 107 cm³/mol. The molecule has 0 unspecified atom stereocenters. The van der Waals surface area contributed by atoms with Crippen molar-refractivity contribution in [3.8, 4) is 23.0 Å². The summed E-state index contributed by atoms with van der Waals surface area (Å²) in [5.74, 6) is 0.900. The predicted octanol–water partition coefficient (Wildman–Crippen LogP) is 6.09. The largest absolute Gasteiger partial charge is 0.507 e. The summed E-state index contributed by atoms with van der Waals surface area (Å²) in [5.41, 5.74) is 2.20. The summed E-state index contributed by atoms with van der Waals surface area (Å²) in [5, 5.41) is 22.1. The number of nitrogens with zero attached hydrogens (tertiary/aromatic N) is 1. The van der Waals surface area contributed by atoms with Gasteiger partial charge >= 0.3 is 0 Å². The number of rotatable bonds is 6. The lowest BCUT2D eigenvalue weighted by molar-refractivity contribution is 0.0982. The van der Waals surface area contributed by atoms with Crippen molar-refractivity contribution in [3.05, 3.63) is 64.0 Å². The fourth-order valence-corrected chi connectivity index (χ4v) is 3.16. The van der Waals surface area contributed by atoms with E-state index in [-0.39, 0.29) is 29.6 Å². The highest BCUT2D eigenvalue weighted by Gasteiger charge is 2.20. The summed E-state index contributed by atoms with van der Waals surface area (Å²) in [4.78, 5) is 17.0. The Hall–Kier alpha value is -2.79. The fraction of sp³-hybridized carbons (Fsp3) is 0.273. The number of carbonyl (C=O) groups is 1. The topological polar surface area (TPSA) is 83.2 Å². The first-order chi connectivity index (χ1) is 13.3. The van der Waals surface area contributed by atoms with Gasteiger partial charge in [-0.3, -0.25) is 9.90 Å². The third-order valence-electron chi connectivity index (χ3n) is 4.53. The Morgan fingerprint density at radius 3 is 2.61 bits per heavy atom. The van der Waals surface area contributed by atoms with Gasteiger partial charge in [0.15, 0.2) is 11.5 Å². The highest BCUT2D eigenvalue weighted by atomic mass is 35.5. The van der Waals surface area contributed by atoms with E-state index in [2.05, 4.69) is 4.98 Å². The Balaban J connectivity index is 1.84. The van der Waals surface area contributed by atoms with Gasteiger partial charge in [0, 0.05) is 29.3 Å². The maximum atomic E-state index is 12.5. The number of aryl methyl sites for hydroxylation is 2. The Morgan fingerprint density at radius 1 is 1.21 bits per heavy atom. The molecule has 5 nitrogen and oxygen atoms in total. The van der Waals surface area contributed by atoms with Crippen LogP contribution < -0.4 is 0 Å². The number of ketones is 1. The van der Waals surface area contributed by atoms with Crippen molar-refractivity contribution in [1.82, 2.24) is 4.98 Å². The average Bonchev–Trinajstić information content (AvgIpc) is 3.06. The first kappa shape index (κ1) is 20.0. The Bertz CT molecular complexity index is 1020. The van der Waals surface area contributed by atoms with Gasteiger partial charge in [-0.15, -0.1) is 0 Å². The molecule has 6 heteroatoms. The normalized spacial score (nSPS) is 11.2. The second-order valence-electron chi connectivity index (χ2n) is 7.05. The monoisotopic (exact) mass is 398 g/mol. The summed E-state index contributed by atoms with van der Waals surface area (Å²) in [6, 6.07) is 9.33.